The second kappa shape index (κ2) is 6.57. The van der Waals surface area contributed by atoms with Crippen LogP contribution in [0.4, 0.5) is 0 Å². The summed E-state index contributed by atoms with van der Waals surface area (Å²) in [4.78, 5) is 21.7. The fourth-order valence-electron chi connectivity index (χ4n) is 2.59. The SMILES string of the molecule is CC(=O)OC=C(C)C1CCC(C)C1COC(C)=O. The molecule has 1 aliphatic rings. The minimum absolute atomic E-state index is 0.241. The molecule has 18 heavy (non-hydrogen) atoms. The molecular weight excluding hydrogens is 232 g/mol. The lowest BCUT2D eigenvalue weighted by atomic mass is 9.87. The number of ether oxygens (including phenoxy) is 2. The predicted octanol–water partition coefficient (Wildman–Crippen LogP) is 2.68. The van der Waals surface area contributed by atoms with Crippen LogP contribution in [0.15, 0.2) is 11.8 Å². The number of rotatable bonds is 4. The molecule has 4 heteroatoms. The van der Waals surface area contributed by atoms with Crippen LogP contribution in [-0.2, 0) is 19.1 Å². The number of carbonyl (C=O) groups is 2. The summed E-state index contributed by atoms with van der Waals surface area (Å²) in [5.41, 5.74) is 1.05. The van der Waals surface area contributed by atoms with Crippen molar-refractivity contribution < 1.29 is 19.1 Å². The van der Waals surface area contributed by atoms with E-state index in [1.807, 2.05) is 6.92 Å². The van der Waals surface area contributed by atoms with Gasteiger partial charge in [0, 0.05) is 19.8 Å². The van der Waals surface area contributed by atoms with E-state index in [1.54, 1.807) is 0 Å². The Kier molecular flexibility index (Phi) is 5.38. The molecule has 0 amide bonds. The fraction of sp³-hybridized carbons (Fsp3) is 0.714. The van der Waals surface area contributed by atoms with E-state index >= 15 is 0 Å². The van der Waals surface area contributed by atoms with Gasteiger partial charge in [0.2, 0.25) is 0 Å². The summed E-state index contributed by atoms with van der Waals surface area (Å²) in [5.74, 6) is 0.626. The smallest absolute Gasteiger partial charge is 0.307 e. The first-order chi connectivity index (χ1) is 8.41. The maximum Gasteiger partial charge on any atom is 0.307 e. The molecule has 1 fully saturated rings. The maximum absolute atomic E-state index is 10.9. The molecular formula is C14H22O4. The Morgan fingerprint density at radius 1 is 1.17 bits per heavy atom. The topological polar surface area (TPSA) is 52.6 Å². The van der Waals surface area contributed by atoms with Gasteiger partial charge in [-0.1, -0.05) is 6.92 Å². The second-order valence-corrected chi connectivity index (χ2v) is 5.10. The van der Waals surface area contributed by atoms with Crippen molar-refractivity contribution in [2.24, 2.45) is 17.8 Å². The van der Waals surface area contributed by atoms with Crippen LogP contribution in [0.3, 0.4) is 0 Å². The molecule has 3 atom stereocenters. The molecule has 4 nitrogen and oxygen atoms in total. The Morgan fingerprint density at radius 3 is 2.39 bits per heavy atom. The third-order valence-electron chi connectivity index (χ3n) is 3.66. The lowest BCUT2D eigenvalue weighted by molar-refractivity contribution is -0.143. The zero-order valence-corrected chi connectivity index (χ0v) is 11.6. The molecule has 0 heterocycles. The first-order valence-electron chi connectivity index (χ1n) is 6.39. The summed E-state index contributed by atoms with van der Waals surface area (Å²) in [6.45, 7) is 7.40. The lowest BCUT2D eigenvalue weighted by Gasteiger charge is -2.22. The molecule has 0 saturated heterocycles. The summed E-state index contributed by atoms with van der Waals surface area (Å²) >= 11 is 0. The highest BCUT2D eigenvalue weighted by atomic mass is 16.5. The number of hydrogen-bond donors (Lipinski definition) is 0. The Hall–Kier alpha value is -1.32. The van der Waals surface area contributed by atoms with Crippen molar-refractivity contribution in [2.75, 3.05) is 6.61 Å². The lowest BCUT2D eigenvalue weighted by Crippen LogP contribution is -2.22. The minimum atomic E-state index is -0.308. The molecule has 0 aromatic rings. The van der Waals surface area contributed by atoms with Gasteiger partial charge in [-0.3, -0.25) is 9.59 Å². The van der Waals surface area contributed by atoms with Gasteiger partial charge >= 0.3 is 11.9 Å². The van der Waals surface area contributed by atoms with Crippen LogP contribution in [0, 0.1) is 17.8 Å². The van der Waals surface area contributed by atoms with E-state index in [0.717, 1.165) is 18.4 Å². The van der Waals surface area contributed by atoms with Crippen LogP contribution in [0.5, 0.6) is 0 Å². The van der Waals surface area contributed by atoms with Gasteiger partial charge in [0.1, 0.15) is 0 Å². The van der Waals surface area contributed by atoms with E-state index in [2.05, 4.69) is 6.92 Å². The van der Waals surface area contributed by atoms with Crippen molar-refractivity contribution >= 4 is 11.9 Å². The molecule has 3 unspecified atom stereocenters. The summed E-state index contributed by atoms with van der Waals surface area (Å²) in [5, 5.41) is 0. The Morgan fingerprint density at radius 2 is 1.83 bits per heavy atom. The van der Waals surface area contributed by atoms with Crippen LogP contribution < -0.4 is 0 Å². The molecule has 1 rings (SSSR count). The molecule has 0 aliphatic heterocycles. The van der Waals surface area contributed by atoms with Crippen LogP contribution in [0.25, 0.3) is 0 Å². The molecule has 0 aromatic heterocycles. The van der Waals surface area contributed by atoms with Crippen molar-refractivity contribution in [2.45, 2.75) is 40.5 Å². The van der Waals surface area contributed by atoms with E-state index < -0.39 is 0 Å². The first kappa shape index (κ1) is 14.7. The van der Waals surface area contributed by atoms with Gasteiger partial charge in [0.25, 0.3) is 0 Å². The Labute approximate surface area is 108 Å². The summed E-state index contributed by atoms with van der Waals surface area (Å²) in [7, 11) is 0. The quantitative estimate of drug-likeness (QED) is 0.571. The van der Waals surface area contributed by atoms with Crippen LogP contribution in [-0.4, -0.2) is 18.5 Å². The highest BCUT2D eigenvalue weighted by Crippen LogP contribution is 2.41. The summed E-state index contributed by atoms with van der Waals surface area (Å²) in [6, 6.07) is 0. The van der Waals surface area contributed by atoms with Gasteiger partial charge in [-0.15, -0.1) is 0 Å². The van der Waals surface area contributed by atoms with E-state index in [9.17, 15) is 9.59 Å². The van der Waals surface area contributed by atoms with E-state index in [4.69, 9.17) is 9.47 Å². The van der Waals surface area contributed by atoms with Crippen LogP contribution >= 0.6 is 0 Å². The van der Waals surface area contributed by atoms with Crippen molar-refractivity contribution in [3.8, 4) is 0 Å². The van der Waals surface area contributed by atoms with E-state index in [0.29, 0.717) is 24.4 Å². The fourth-order valence-corrected chi connectivity index (χ4v) is 2.59. The van der Waals surface area contributed by atoms with Gasteiger partial charge in [-0.2, -0.15) is 0 Å². The first-order valence-corrected chi connectivity index (χ1v) is 6.39. The average Bonchev–Trinajstić information content (AvgIpc) is 2.64. The van der Waals surface area contributed by atoms with Gasteiger partial charge in [-0.25, -0.2) is 0 Å². The molecule has 102 valence electrons. The molecule has 1 aliphatic carbocycles. The standard InChI is InChI=1S/C14H22O4/c1-9-5-6-13(10(2)7-17-11(3)15)14(9)8-18-12(4)16/h7,9,13-14H,5-6,8H2,1-4H3. The zero-order valence-electron chi connectivity index (χ0n) is 11.6. The zero-order chi connectivity index (χ0) is 13.7. The van der Waals surface area contributed by atoms with Gasteiger partial charge in [-0.05, 0) is 37.2 Å². The third-order valence-corrected chi connectivity index (χ3v) is 3.66. The van der Waals surface area contributed by atoms with Gasteiger partial charge in [0.05, 0.1) is 12.9 Å². The molecule has 0 N–H and O–H groups in total. The van der Waals surface area contributed by atoms with Crippen molar-refractivity contribution in [3.63, 3.8) is 0 Å². The van der Waals surface area contributed by atoms with Crippen molar-refractivity contribution in [1.29, 1.82) is 0 Å². The van der Waals surface area contributed by atoms with Crippen molar-refractivity contribution in [3.05, 3.63) is 11.8 Å². The predicted molar refractivity (Wildman–Crippen MR) is 67.5 cm³/mol. The molecule has 1 saturated carbocycles. The van der Waals surface area contributed by atoms with Gasteiger partial charge < -0.3 is 9.47 Å². The summed E-state index contributed by atoms with van der Waals surface area (Å²) in [6.07, 6.45) is 3.70. The normalized spacial score (nSPS) is 28.0. The van der Waals surface area contributed by atoms with Crippen LogP contribution in [0.1, 0.15) is 40.5 Å². The van der Waals surface area contributed by atoms with Crippen LogP contribution in [0.2, 0.25) is 0 Å². The Bertz CT molecular complexity index is 346. The second-order valence-electron chi connectivity index (χ2n) is 5.10. The highest BCUT2D eigenvalue weighted by molar-refractivity contribution is 5.66. The minimum Gasteiger partial charge on any atom is -0.466 e. The molecule has 0 aromatic carbocycles. The maximum atomic E-state index is 10.9. The number of hydrogen-bond acceptors (Lipinski definition) is 4. The van der Waals surface area contributed by atoms with E-state index in [1.165, 1.54) is 20.1 Å². The molecule has 0 radical (unpaired) electrons. The number of esters is 2. The monoisotopic (exact) mass is 254 g/mol. The van der Waals surface area contributed by atoms with Crippen molar-refractivity contribution in [1.82, 2.24) is 0 Å². The number of allylic oxidation sites excluding steroid dienone is 1. The third kappa shape index (κ3) is 4.17. The largest absolute Gasteiger partial charge is 0.466 e. The highest BCUT2D eigenvalue weighted by Gasteiger charge is 2.35. The molecule has 0 spiro atoms. The summed E-state index contributed by atoms with van der Waals surface area (Å²) < 4.78 is 10.0. The average molecular weight is 254 g/mol. The Balaban J connectivity index is 2.64. The van der Waals surface area contributed by atoms with E-state index in [-0.39, 0.29) is 11.9 Å². The van der Waals surface area contributed by atoms with Gasteiger partial charge in [0.15, 0.2) is 0 Å². The molecule has 0 bridgehead atoms. The number of carbonyl (C=O) groups excluding carboxylic acids is 2.